The third kappa shape index (κ3) is 4.37. The molecule has 0 aliphatic heterocycles. The van der Waals surface area contributed by atoms with E-state index >= 15 is 0 Å². The van der Waals surface area contributed by atoms with Gasteiger partial charge in [0.15, 0.2) is 5.76 Å². The molecule has 1 atom stereocenters. The predicted molar refractivity (Wildman–Crippen MR) is 100 cm³/mol. The van der Waals surface area contributed by atoms with Crippen molar-refractivity contribution in [2.45, 2.75) is 19.4 Å². The highest BCUT2D eigenvalue weighted by molar-refractivity contribution is 9.10. The number of hydrogen-bond acceptors (Lipinski definition) is 4. The zero-order valence-corrected chi connectivity index (χ0v) is 15.6. The summed E-state index contributed by atoms with van der Waals surface area (Å²) in [4.78, 5) is 0. The Labute approximate surface area is 155 Å². The molecule has 0 aliphatic carbocycles. The molecule has 5 heteroatoms. The van der Waals surface area contributed by atoms with Crippen molar-refractivity contribution in [1.29, 1.82) is 0 Å². The highest BCUT2D eigenvalue weighted by atomic mass is 79.9. The number of benzene rings is 2. The van der Waals surface area contributed by atoms with E-state index in [0.29, 0.717) is 12.4 Å². The molecular weight excluding hydrogens is 382 g/mol. The van der Waals surface area contributed by atoms with Crippen molar-refractivity contribution in [3.8, 4) is 11.3 Å². The van der Waals surface area contributed by atoms with Crippen molar-refractivity contribution < 1.29 is 14.4 Å². The van der Waals surface area contributed by atoms with Gasteiger partial charge in [0.1, 0.15) is 6.10 Å². The lowest BCUT2D eigenvalue weighted by Crippen LogP contribution is -2.12. The molecule has 0 aliphatic rings. The van der Waals surface area contributed by atoms with Crippen LogP contribution in [0.2, 0.25) is 0 Å². The molecule has 130 valence electrons. The molecule has 2 aromatic carbocycles. The Morgan fingerprint density at radius 2 is 1.84 bits per heavy atom. The predicted octanol–water partition coefficient (Wildman–Crippen LogP) is 4.71. The van der Waals surface area contributed by atoms with Crippen LogP contribution in [-0.4, -0.2) is 23.5 Å². The SMILES string of the molecule is Cc1noc(-c2ccc(Br)cc2)c1[C@@H](CO)OCCc1ccccc1. The third-order valence-electron chi connectivity index (χ3n) is 4.06. The van der Waals surface area contributed by atoms with Crippen LogP contribution in [0.3, 0.4) is 0 Å². The van der Waals surface area contributed by atoms with Gasteiger partial charge in [-0.1, -0.05) is 63.6 Å². The first-order valence-electron chi connectivity index (χ1n) is 8.17. The highest BCUT2D eigenvalue weighted by Gasteiger charge is 2.24. The average molecular weight is 402 g/mol. The number of aryl methyl sites for hydroxylation is 1. The molecule has 1 heterocycles. The minimum atomic E-state index is -0.464. The molecule has 3 aromatic rings. The van der Waals surface area contributed by atoms with E-state index in [0.717, 1.165) is 27.7 Å². The monoisotopic (exact) mass is 401 g/mol. The van der Waals surface area contributed by atoms with Gasteiger partial charge >= 0.3 is 0 Å². The Hall–Kier alpha value is -1.95. The number of halogens is 1. The lowest BCUT2D eigenvalue weighted by molar-refractivity contribution is 0.0131. The molecule has 0 saturated heterocycles. The highest BCUT2D eigenvalue weighted by Crippen LogP contribution is 2.33. The molecule has 1 N–H and O–H groups in total. The summed E-state index contributed by atoms with van der Waals surface area (Å²) in [5.41, 5.74) is 3.65. The van der Waals surface area contributed by atoms with Crippen LogP contribution in [0.4, 0.5) is 0 Å². The number of hydrogen-bond donors (Lipinski definition) is 1. The zero-order valence-electron chi connectivity index (χ0n) is 14.0. The smallest absolute Gasteiger partial charge is 0.173 e. The standard InChI is InChI=1S/C20H20BrNO3/c1-14-19(20(25-22-14)16-7-9-17(21)10-8-16)18(13-23)24-12-11-15-5-3-2-4-6-15/h2-10,18,23H,11-13H2,1H3/t18-/m1/s1. The molecule has 1 aromatic heterocycles. The van der Waals surface area contributed by atoms with E-state index in [9.17, 15) is 5.11 Å². The Bertz CT molecular complexity index is 800. The molecule has 0 spiro atoms. The first kappa shape index (κ1) is 17.9. The Kier molecular flexibility index (Phi) is 6.02. The second-order valence-corrected chi connectivity index (χ2v) is 6.71. The van der Waals surface area contributed by atoms with Crippen LogP contribution in [0.25, 0.3) is 11.3 Å². The van der Waals surface area contributed by atoms with Crippen LogP contribution in [0.15, 0.2) is 63.6 Å². The van der Waals surface area contributed by atoms with E-state index in [-0.39, 0.29) is 6.61 Å². The van der Waals surface area contributed by atoms with Crippen molar-refractivity contribution in [2.24, 2.45) is 0 Å². The van der Waals surface area contributed by atoms with Gasteiger partial charge in [0.25, 0.3) is 0 Å². The van der Waals surface area contributed by atoms with E-state index in [1.165, 1.54) is 5.56 Å². The van der Waals surface area contributed by atoms with Crippen LogP contribution in [-0.2, 0) is 11.2 Å². The number of rotatable bonds is 7. The summed E-state index contributed by atoms with van der Waals surface area (Å²) in [5, 5.41) is 13.9. The van der Waals surface area contributed by atoms with Gasteiger partial charge in [0.2, 0.25) is 0 Å². The fourth-order valence-electron chi connectivity index (χ4n) is 2.76. The normalized spacial score (nSPS) is 12.3. The fraction of sp³-hybridized carbons (Fsp3) is 0.250. The zero-order chi connectivity index (χ0) is 17.6. The topological polar surface area (TPSA) is 55.5 Å². The molecule has 4 nitrogen and oxygen atoms in total. The molecule has 3 rings (SSSR count). The fourth-order valence-corrected chi connectivity index (χ4v) is 3.02. The van der Waals surface area contributed by atoms with Crippen LogP contribution in [0.1, 0.15) is 22.9 Å². The van der Waals surface area contributed by atoms with E-state index in [2.05, 4.69) is 33.2 Å². The van der Waals surface area contributed by atoms with Crippen LogP contribution in [0.5, 0.6) is 0 Å². The average Bonchev–Trinajstić information content (AvgIpc) is 3.02. The summed E-state index contributed by atoms with van der Waals surface area (Å²) in [6.45, 7) is 2.25. The second-order valence-electron chi connectivity index (χ2n) is 5.80. The minimum Gasteiger partial charge on any atom is -0.393 e. The van der Waals surface area contributed by atoms with Gasteiger partial charge in [-0.3, -0.25) is 0 Å². The van der Waals surface area contributed by atoms with Crippen LogP contribution in [0, 0.1) is 6.92 Å². The molecule has 0 amide bonds. The third-order valence-corrected chi connectivity index (χ3v) is 4.58. The number of ether oxygens (including phenoxy) is 1. The quantitative estimate of drug-likeness (QED) is 0.622. The Morgan fingerprint density at radius 3 is 2.52 bits per heavy atom. The van der Waals surface area contributed by atoms with E-state index < -0.39 is 6.10 Å². The van der Waals surface area contributed by atoms with Crippen molar-refractivity contribution in [1.82, 2.24) is 5.16 Å². The van der Waals surface area contributed by atoms with Crippen molar-refractivity contribution >= 4 is 15.9 Å². The summed E-state index contributed by atoms with van der Waals surface area (Å²) >= 11 is 3.43. The molecule has 0 radical (unpaired) electrons. The van der Waals surface area contributed by atoms with Crippen LogP contribution < -0.4 is 0 Å². The first-order valence-corrected chi connectivity index (χ1v) is 8.97. The molecule has 0 bridgehead atoms. The number of aromatic nitrogens is 1. The maximum Gasteiger partial charge on any atom is 0.173 e. The Balaban J connectivity index is 1.76. The van der Waals surface area contributed by atoms with Gasteiger partial charge in [0, 0.05) is 10.0 Å². The number of aliphatic hydroxyl groups is 1. The summed E-state index contributed by atoms with van der Waals surface area (Å²) in [5.74, 6) is 0.642. The van der Waals surface area contributed by atoms with Gasteiger partial charge in [-0.15, -0.1) is 0 Å². The minimum absolute atomic E-state index is 0.125. The second kappa shape index (κ2) is 8.43. The van der Waals surface area contributed by atoms with Crippen molar-refractivity contribution in [2.75, 3.05) is 13.2 Å². The Morgan fingerprint density at radius 1 is 1.12 bits per heavy atom. The summed E-state index contributed by atoms with van der Waals surface area (Å²) in [6, 6.07) is 17.9. The first-order chi connectivity index (χ1) is 12.2. The van der Waals surface area contributed by atoms with E-state index in [1.54, 1.807) is 0 Å². The molecule has 25 heavy (non-hydrogen) atoms. The van der Waals surface area contributed by atoms with Crippen molar-refractivity contribution in [3.63, 3.8) is 0 Å². The van der Waals surface area contributed by atoms with Gasteiger partial charge in [-0.05, 0) is 31.0 Å². The maximum absolute atomic E-state index is 9.83. The lowest BCUT2D eigenvalue weighted by Gasteiger charge is -2.16. The van der Waals surface area contributed by atoms with Gasteiger partial charge in [-0.2, -0.15) is 0 Å². The van der Waals surface area contributed by atoms with Crippen LogP contribution >= 0.6 is 15.9 Å². The van der Waals surface area contributed by atoms with Crippen molar-refractivity contribution in [3.05, 3.63) is 75.9 Å². The van der Waals surface area contributed by atoms with Gasteiger partial charge < -0.3 is 14.4 Å². The number of aliphatic hydroxyl groups excluding tert-OH is 1. The van der Waals surface area contributed by atoms with E-state index in [1.807, 2.05) is 49.4 Å². The maximum atomic E-state index is 9.83. The molecular formula is C20H20BrNO3. The molecule has 0 fully saturated rings. The molecule has 0 unspecified atom stereocenters. The summed E-state index contributed by atoms with van der Waals surface area (Å²) < 4.78 is 12.5. The van der Waals surface area contributed by atoms with Gasteiger partial charge in [-0.25, -0.2) is 0 Å². The van der Waals surface area contributed by atoms with Gasteiger partial charge in [0.05, 0.1) is 24.5 Å². The summed E-state index contributed by atoms with van der Waals surface area (Å²) in [6.07, 6.45) is 0.323. The molecule has 0 saturated carbocycles. The lowest BCUT2D eigenvalue weighted by atomic mass is 10.0. The largest absolute Gasteiger partial charge is 0.393 e. The number of nitrogens with zero attached hydrogens (tertiary/aromatic N) is 1. The van der Waals surface area contributed by atoms with E-state index in [4.69, 9.17) is 9.26 Å². The summed E-state index contributed by atoms with van der Waals surface area (Å²) in [7, 11) is 0.